The molecule has 1 aromatic carbocycles. The number of aliphatic imine (C=N–C) groups is 1. The van der Waals surface area contributed by atoms with Crippen molar-refractivity contribution in [3.63, 3.8) is 0 Å². The van der Waals surface area contributed by atoms with Gasteiger partial charge in [-0.3, -0.25) is 9.69 Å². The van der Waals surface area contributed by atoms with Crippen LogP contribution >= 0.6 is 24.0 Å². The zero-order chi connectivity index (χ0) is 20.1. The van der Waals surface area contributed by atoms with Gasteiger partial charge in [0, 0.05) is 44.8 Å². The summed E-state index contributed by atoms with van der Waals surface area (Å²) in [5.74, 6) is 1.39. The highest BCUT2D eigenvalue weighted by atomic mass is 127. The average molecular weight is 513 g/mol. The molecule has 0 saturated carbocycles. The Labute approximate surface area is 192 Å². The molecule has 3 rings (SSSR count). The van der Waals surface area contributed by atoms with E-state index in [4.69, 9.17) is 0 Å². The molecule has 1 amide bonds. The number of fused-ring (bicyclic) bond motifs is 1. The van der Waals surface area contributed by atoms with Crippen LogP contribution in [0.3, 0.4) is 0 Å². The lowest BCUT2D eigenvalue weighted by molar-refractivity contribution is -0.130. The first-order chi connectivity index (χ1) is 13.5. The van der Waals surface area contributed by atoms with Gasteiger partial charge >= 0.3 is 0 Å². The Balaban J connectivity index is 0.00000300. The van der Waals surface area contributed by atoms with Crippen molar-refractivity contribution in [3.05, 3.63) is 35.4 Å². The molecule has 1 fully saturated rings. The van der Waals surface area contributed by atoms with Crippen molar-refractivity contribution < 1.29 is 4.79 Å². The molecule has 2 N–H and O–H groups in total. The van der Waals surface area contributed by atoms with Crippen LogP contribution in [-0.2, 0) is 17.8 Å². The van der Waals surface area contributed by atoms with Crippen LogP contribution in [0, 0.1) is 5.92 Å². The molecule has 2 aliphatic rings. The lowest BCUT2D eigenvalue weighted by Crippen LogP contribution is -2.47. The minimum Gasteiger partial charge on any atom is -0.357 e. The average Bonchev–Trinajstić information content (AvgIpc) is 3.06. The van der Waals surface area contributed by atoms with Gasteiger partial charge in [0.1, 0.15) is 6.54 Å². The fourth-order valence-electron chi connectivity index (χ4n) is 4.06. The van der Waals surface area contributed by atoms with E-state index in [0.29, 0.717) is 24.5 Å². The van der Waals surface area contributed by atoms with Crippen molar-refractivity contribution in [3.8, 4) is 0 Å². The van der Waals surface area contributed by atoms with E-state index >= 15 is 0 Å². The molecule has 0 aliphatic carbocycles. The van der Waals surface area contributed by atoms with E-state index in [-0.39, 0.29) is 36.4 Å². The molecule has 7 heteroatoms. The summed E-state index contributed by atoms with van der Waals surface area (Å²) in [6.45, 7) is 13.4. The summed E-state index contributed by atoms with van der Waals surface area (Å²) < 4.78 is 0. The van der Waals surface area contributed by atoms with E-state index in [0.717, 1.165) is 38.6 Å². The number of amides is 1. The zero-order valence-corrected chi connectivity index (χ0v) is 20.5. The van der Waals surface area contributed by atoms with Gasteiger partial charge < -0.3 is 15.5 Å². The van der Waals surface area contributed by atoms with Crippen LogP contribution in [0.15, 0.2) is 29.3 Å². The van der Waals surface area contributed by atoms with Gasteiger partial charge in [0.05, 0.1) is 0 Å². The standard InChI is InChI=1S/C22H35N5O.HI/c1-5-23-22(25-20-15-27(16(2)3)13-17(20)4)24-12-21(28)26-11-10-18-8-6-7-9-19(18)14-26;/h6-9,16-17,20H,5,10-15H2,1-4H3,(H2,23,24,25);1H. The molecule has 2 aliphatic heterocycles. The summed E-state index contributed by atoms with van der Waals surface area (Å²) in [4.78, 5) is 21.7. The molecule has 1 aromatic rings. The lowest BCUT2D eigenvalue weighted by Gasteiger charge is -2.28. The molecule has 0 bridgehead atoms. The number of likely N-dealkylation sites (tertiary alicyclic amines) is 1. The minimum atomic E-state index is 0. The summed E-state index contributed by atoms with van der Waals surface area (Å²) in [5, 5.41) is 6.85. The SMILES string of the molecule is CCNC(=NCC(=O)N1CCc2ccccc2C1)NC1CN(C(C)C)CC1C.I. The fourth-order valence-corrected chi connectivity index (χ4v) is 4.06. The molecular formula is C22H36IN5O. The van der Waals surface area contributed by atoms with E-state index < -0.39 is 0 Å². The van der Waals surface area contributed by atoms with E-state index in [9.17, 15) is 4.79 Å². The minimum absolute atomic E-state index is 0. The molecule has 2 atom stereocenters. The highest BCUT2D eigenvalue weighted by molar-refractivity contribution is 14.0. The van der Waals surface area contributed by atoms with Crippen LogP contribution in [0.4, 0.5) is 0 Å². The lowest BCUT2D eigenvalue weighted by atomic mass is 10.00. The van der Waals surface area contributed by atoms with E-state index in [1.54, 1.807) is 0 Å². The van der Waals surface area contributed by atoms with E-state index in [1.807, 2.05) is 11.0 Å². The molecule has 0 spiro atoms. The van der Waals surface area contributed by atoms with Crippen LogP contribution in [0.5, 0.6) is 0 Å². The molecule has 29 heavy (non-hydrogen) atoms. The number of carbonyl (C=O) groups is 1. The van der Waals surface area contributed by atoms with Gasteiger partial charge in [-0.25, -0.2) is 4.99 Å². The second kappa shape index (κ2) is 11.2. The van der Waals surface area contributed by atoms with Gasteiger partial charge in [-0.15, -0.1) is 24.0 Å². The molecule has 162 valence electrons. The van der Waals surface area contributed by atoms with Crippen molar-refractivity contribution in [2.24, 2.45) is 10.9 Å². The van der Waals surface area contributed by atoms with Crippen molar-refractivity contribution in [1.29, 1.82) is 0 Å². The number of rotatable bonds is 5. The summed E-state index contributed by atoms with van der Waals surface area (Å²) in [6.07, 6.45) is 0.925. The molecule has 2 heterocycles. The second-order valence-corrected chi connectivity index (χ2v) is 8.30. The number of hydrogen-bond donors (Lipinski definition) is 2. The van der Waals surface area contributed by atoms with Crippen molar-refractivity contribution in [1.82, 2.24) is 20.4 Å². The number of halogens is 1. The monoisotopic (exact) mass is 513 g/mol. The van der Waals surface area contributed by atoms with Gasteiger partial charge in [-0.1, -0.05) is 31.2 Å². The third kappa shape index (κ3) is 6.31. The van der Waals surface area contributed by atoms with Crippen molar-refractivity contribution in [2.45, 2.75) is 52.7 Å². The largest absolute Gasteiger partial charge is 0.357 e. The summed E-state index contributed by atoms with van der Waals surface area (Å²) >= 11 is 0. The molecule has 6 nitrogen and oxygen atoms in total. The summed E-state index contributed by atoms with van der Waals surface area (Å²) in [7, 11) is 0. The van der Waals surface area contributed by atoms with Gasteiger partial charge in [0.2, 0.25) is 5.91 Å². The zero-order valence-electron chi connectivity index (χ0n) is 18.1. The molecule has 0 radical (unpaired) electrons. The predicted molar refractivity (Wildman–Crippen MR) is 130 cm³/mol. The van der Waals surface area contributed by atoms with Crippen molar-refractivity contribution in [2.75, 3.05) is 32.7 Å². The quantitative estimate of drug-likeness (QED) is 0.361. The van der Waals surface area contributed by atoms with E-state index in [2.05, 4.69) is 66.4 Å². The number of benzene rings is 1. The fraction of sp³-hybridized carbons (Fsp3) is 0.636. The normalized spacial score (nSPS) is 22.2. The summed E-state index contributed by atoms with van der Waals surface area (Å²) in [6, 6.07) is 9.30. The Morgan fingerprint density at radius 2 is 1.97 bits per heavy atom. The number of nitrogens with zero attached hydrogens (tertiary/aromatic N) is 3. The second-order valence-electron chi connectivity index (χ2n) is 8.30. The topological polar surface area (TPSA) is 60.0 Å². The van der Waals surface area contributed by atoms with Gasteiger partial charge in [-0.2, -0.15) is 0 Å². The van der Waals surface area contributed by atoms with Gasteiger partial charge in [-0.05, 0) is 44.2 Å². The Bertz CT molecular complexity index is 708. The number of hydrogen-bond acceptors (Lipinski definition) is 3. The maximum Gasteiger partial charge on any atom is 0.244 e. The van der Waals surface area contributed by atoms with Crippen LogP contribution in [0.2, 0.25) is 0 Å². The first-order valence-corrected chi connectivity index (χ1v) is 10.6. The molecule has 0 aromatic heterocycles. The summed E-state index contributed by atoms with van der Waals surface area (Å²) in [5.41, 5.74) is 2.61. The highest BCUT2D eigenvalue weighted by Crippen LogP contribution is 2.19. The van der Waals surface area contributed by atoms with Gasteiger partial charge in [0.25, 0.3) is 0 Å². The molecule has 1 saturated heterocycles. The molecular weight excluding hydrogens is 477 g/mol. The van der Waals surface area contributed by atoms with E-state index in [1.165, 1.54) is 11.1 Å². The number of nitrogens with one attached hydrogen (secondary N) is 2. The maximum absolute atomic E-state index is 12.7. The Hall–Kier alpha value is -1.35. The number of guanidine groups is 1. The first kappa shape index (κ1) is 23.9. The van der Waals surface area contributed by atoms with Crippen LogP contribution < -0.4 is 10.6 Å². The smallest absolute Gasteiger partial charge is 0.244 e. The number of carbonyl (C=O) groups excluding carboxylic acids is 1. The Morgan fingerprint density at radius 1 is 1.24 bits per heavy atom. The van der Waals surface area contributed by atoms with Gasteiger partial charge in [0.15, 0.2) is 5.96 Å². The van der Waals surface area contributed by atoms with Crippen LogP contribution in [0.1, 0.15) is 38.8 Å². The van der Waals surface area contributed by atoms with Crippen LogP contribution in [-0.4, -0.2) is 66.5 Å². The predicted octanol–water partition coefficient (Wildman–Crippen LogP) is 2.47. The maximum atomic E-state index is 12.7. The molecule has 2 unspecified atom stereocenters. The van der Waals surface area contributed by atoms with Crippen molar-refractivity contribution >= 4 is 35.8 Å². The van der Waals surface area contributed by atoms with Crippen LogP contribution in [0.25, 0.3) is 0 Å². The first-order valence-electron chi connectivity index (χ1n) is 10.6. The third-order valence-electron chi connectivity index (χ3n) is 5.89. The third-order valence-corrected chi connectivity index (χ3v) is 5.89. The Kier molecular flexibility index (Phi) is 9.20. The highest BCUT2D eigenvalue weighted by Gasteiger charge is 2.31. The Morgan fingerprint density at radius 3 is 2.62 bits per heavy atom.